The number of esters is 1. The molecular formula is C24H34N4O4S. The number of aryl methyl sites for hydroxylation is 1. The highest BCUT2D eigenvalue weighted by Crippen LogP contribution is 2.47. The van der Waals surface area contributed by atoms with Crippen molar-refractivity contribution < 1.29 is 19.0 Å². The summed E-state index contributed by atoms with van der Waals surface area (Å²) < 4.78 is 17.1. The maximum atomic E-state index is 12.1. The highest BCUT2D eigenvalue weighted by Gasteiger charge is 2.34. The second kappa shape index (κ2) is 10.2. The molecule has 2 N–H and O–H groups in total. The zero-order chi connectivity index (χ0) is 22.8. The normalized spacial score (nSPS) is 26.8. The fourth-order valence-electron chi connectivity index (χ4n) is 5.65. The van der Waals surface area contributed by atoms with E-state index in [1.165, 1.54) is 10.4 Å². The van der Waals surface area contributed by atoms with Gasteiger partial charge in [0.15, 0.2) is 0 Å². The molecule has 5 rings (SSSR count). The monoisotopic (exact) mass is 474 g/mol. The summed E-state index contributed by atoms with van der Waals surface area (Å²) in [7, 11) is 0. The summed E-state index contributed by atoms with van der Waals surface area (Å²) in [5.74, 6) is 0.581. The topological polar surface area (TPSA) is 99.8 Å². The molecule has 2 fully saturated rings. The Bertz CT molecular complexity index is 969. The summed E-state index contributed by atoms with van der Waals surface area (Å²) in [5, 5.41) is 1.03. The Morgan fingerprint density at radius 2 is 2.03 bits per heavy atom. The lowest BCUT2D eigenvalue weighted by atomic mass is 9.91. The molecule has 2 atom stereocenters. The molecule has 1 unspecified atom stereocenters. The number of hydrogen-bond acceptors (Lipinski definition) is 9. The molecule has 180 valence electrons. The maximum Gasteiger partial charge on any atom is 0.322 e. The molecule has 9 heteroatoms. The quantitative estimate of drug-likeness (QED) is 0.612. The van der Waals surface area contributed by atoms with Gasteiger partial charge in [0.25, 0.3) is 0 Å². The molecule has 0 radical (unpaired) electrons. The summed E-state index contributed by atoms with van der Waals surface area (Å²) in [4.78, 5) is 26.1. The lowest BCUT2D eigenvalue weighted by Gasteiger charge is -2.38. The van der Waals surface area contributed by atoms with E-state index in [1.807, 2.05) is 0 Å². The van der Waals surface area contributed by atoms with Crippen LogP contribution in [-0.4, -0.2) is 71.9 Å². The van der Waals surface area contributed by atoms with Gasteiger partial charge in [-0.25, -0.2) is 9.97 Å². The maximum absolute atomic E-state index is 12.1. The minimum absolute atomic E-state index is 0.178. The van der Waals surface area contributed by atoms with Crippen LogP contribution in [0.3, 0.4) is 0 Å². The van der Waals surface area contributed by atoms with Crippen molar-refractivity contribution in [1.82, 2.24) is 14.9 Å². The van der Waals surface area contributed by atoms with Crippen molar-refractivity contribution in [3.05, 3.63) is 16.8 Å². The highest BCUT2D eigenvalue weighted by molar-refractivity contribution is 7.19. The number of thiophene rings is 1. The molecule has 3 aliphatic rings. The van der Waals surface area contributed by atoms with Gasteiger partial charge in [-0.2, -0.15) is 0 Å². The van der Waals surface area contributed by atoms with E-state index in [0.29, 0.717) is 24.9 Å². The van der Waals surface area contributed by atoms with Crippen LogP contribution in [0.4, 0.5) is 0 Å². The molecule has 2 aliphatic carbocycles. The number of ether oxygens (including phenoxy) is 3. The number of morpholine rings is 1. The lowest BCUT2D eigenvalue weighted by Crippen LogP contribution is -2.46. The number of carbonyl (C=O) groups is 1. The molecule has 8 nitrogen and oxygen atoms in total. The summed E-state index contributed by atoms with van der Waals surface area (Å²) in [5.41, 5.74) is 7.41. The van der Waals surface area contributed by atoms with Crippen LogP contribution >= 0.6 is 11.3 Å². The predicted molar refractivity (Wildman–Crippen MR) is 127 cm³/mol. The lowest BCUT2D eigenvalue weighted by molar-refractivity contribution is -0.144. The van der Waals surface area contributed by atoms with E-state index in [1.54, 1.807) is 24.6 Å². The first-order valence-corrected chi connectivity index (χ1v) is 13.1. The van der Waals surface area contributed by atoms with Crippen LogP contribution in [0.2, 0.25) is 0 Å². The van der Waals surface area contributed by atoms with E-state index >= 15 is 0 Å². The molecule has 0 spiro atoms. The summed E-state index contributed by atoms with van der Waals surface area (Å²) >= 11 is 1.72. The average Bonchev–Trinajstić information content (AvgIpc) is 3.40. The Hall–Kier alpha value is -1.81. The average molecular weight is 475 g/mol. The molecule has 1 saturated carbocycles. The van der Waals surface area contributed by atoms with Gasteiger partial charge in [-0.3, -0.25) is 9.69 Å². The summed E-state index contributed by atoms with van der Waals surface area (Å²) in [6, 6.07) is 0.0265. The minimum atomic E-state index is -0.611. The zero-order valence-corrected chi connectivity index (χ0v) is 20.1. The van der Waals surface area contributed by atoms with Gasteiger partial charge in [0.1, 0.15) is 23.3 Å². The van der Waals surface area contributed by atoms with Crippen molar-refractivity contribution >= 4 is 27.5 Å². The predicted octanol–water partition coefficient (Wildman–Crippen LogP) is 3.02. The summed E-state index contributed by atoms with van der Waals surface area (Å²) in [6.07, 6.45) is 8.73. The Labute approximate surface area is 198 Å². The van der Waals surface area contributed by atoms with Crippen LogP contribution in [0.5, 0.6) is 5.88 Å². The zero-order valence-electron chi connectivity index (χ0n) is 19.3. The molecule has 33 heavy (non-hydrogen) atoms. The second-order valence-electron chi connectivity index (χ2n) is 9.32. The number of nitrogens with two attached hydrogens (primary N) is 1. The van der Waals surface area contributed by atoms with Crippen molar-refractivity contribution in [1.29, 1.82) is 0 Å². The van der Waals surface area contributed by atoms with Gasteiger partial charge in [0.05, 0.1) is 25.2 Å². The fraction of sp³-hybridized carbons (Fsp3) is 0.708. The Morgan fingerprint density at radius 3 is 2.79 bits per heavy atom. The number of carbonyl (C=O) groups excluding carboxylic acids is 1. The van der Waals surface area contributed by atoms with Crippen LogP contribution in [0.25, 0.3) is 10.2 Å². The molecule has 2 aromatic heterocycles. The molecular weight excluding hydrogens is 440 g/mol. The van der Waals surface area contributed by atoms with Crippen LogP contribution in [0.15, 0.2) is 6.33 Å². The van der Waals surface area contributed by atoms with Gasteiger partial charge >= 0.3 is 5.97 Å². The Kier molecular flexibility index (Phi) is 7.10. The van der Waals surface area contributed by atoms with Crippen LogP contribution in [0.1, 0.15) is 61.8 Å². The van der Waals surface area contributed by atoms with Crippen molar-refractivity contribution in [2.24, 2.45) is 5.73 Å². The molecule has 1 aliphatic heterocycles. The molecule has 0 amide bonds. The standard InChI is InChI=1S/C24H34N4O4S/c1-2-31-24(29)18(25)13-15-3-8-19-20(15)21-22(26-14-27-23(21)33-19)32-17-6-4-16(5-7-17)28-9-11-30-12-10-28/h14-18H,2-13,25H2,1H3/t15-,16?,17?,18?/m1/s1. The third-order valence-electron chi connectivity index (χ3n) is 7.31. The van der Waals surface area contributed by atoms with Gasteiger partial charge in [-0.15, -0.1) is 11.3 Å². The third kappa shape index (κ3) is 4.87. The first kappa shape index (κ1) is 23.0. The third-order valence-corrected chi connectivity index (χ3v) is 8.48. The van der Waals surface area contributed by atoms with Crippen molar-refractivity contribution in [2.75, 3.05) is 32.9 Å². The largest absolute Gasteiger partial charge is 0.474 e. The van der Waals surface area contributed by atoms with Crippen LogP contribution < -0.4 is 10.5 Å². The molecule has 3 heterocycles. The van der Waals surface area contributed by atoms with E-state index in [4.69, 9.17) is 19.9 Å². The number of rotatable bonds is 7. The van der Waals surface area contributed by atoms with Crippen molar-refractivity contribution in [3.8, 4) is 5.88 Å². The van der Waals surface area contributed by atoms with Crippen LogP contribution in [0, 0.1) is 0 Å². The van der Waals surface area contributed by atoms with Gasteiger partial charge in [-0.1, -0.05) is 0 Å². The Balaban J connectivity index is 1.29. The minimum Gasteiger partial charge on any atom is -0.474 e. The molecule has 1 saturated heterocycles. The van der Waals surface area contributed by atoms with Crippen molar-refractivity contribution in [3.63, 3.8) is 0 Å². The first-order valence-electron chi connectivity index (χ1n) is 12.3. The van der Waals surface area contributed by atoms with Gasteiger partial charge < -0.3 is 19.9 Å². The van der Waals surface area contributed by atoms with E-state index in [9.17, 15) is 4.79 Å². The number of hydrogen-bond donors (Lipinski definition) is 1. The van der Waals surface area contributed by atoms with E-state index in [0.717, 1.165) is 75.0 Å². The molecule has 0 bridgehead atoms. The van der Waals surface area contributed by atoms with Gasteiger partial charge in [0, 0.05) is 24.0 Å². The molecule has 2 aromatic rings. The fourth-order valence-corrected chi connectivity index (χ4v) is 6.88. The van der Waals surface area contributed by atoms with Gasteiger partial charge in [-0.05, 0) is 63.4 Å². The van der Waals surface area contributed by atoms with E-state index < -0.39 is 6.04 Å². The highest BCUT2D eigenvalue weighted by atomic mass is 32.1. The van der Waals surface area contributed by atoms with Gasteiger partial charge in [0.2, 0.25) is 5.88 Å². The Morgan fingerprint density at radius 1 is 1.24 bits per heavy atom. The second-order valence-corrected chi connectivity index (χ2v) is 10.4. The number of aromatic nitrogens is 2. The smallest absolute Gasteiger partial charge is 0.322 e. The molecule has 0 aromatic carbocycles. The van der Waals surface area contributed by atoms with E-state index in [2.05, 4.69) is 14.9 Å². The SMILES string of the molecule is CCOC(=O)C(N)C[C@H]1CCc2sc3ncnc(OC4CCC(N5CCOCC5)CC4)c3c21. The van der Waals surface area contributed by atoms with Crippen LogP contribution in [-0.2, 0) is 20.7 Å². The summed E-state index contributed by atoms with van der Waals surface area (Å²) in [6.45, 7) is 5.93. The number of nitrogens with zero attached hydrogens (tertiary/aromatic N) is 3. The van der Waals surface area contributed by atoms with Crippen molar-refractivity contribution in [2.45, 2.75) is 76.0 Å². The number of fused-ring (bicyclic) bond motifs is 3. The van der Waals surface area contributed by atoms with E-state index in [-0.39, 0.29) is 18.0 Å². The first-order chi connectivity index (χ1) is 16.1.